The van der Waals surface area contributed by atoms with Crippen LogP contribution >= 0.6 is 19.4 Å². The first-order valence-electron chi connectivity index (χ1n) is 5.33. The van der Waals surface area contributed by atoms with Gasteiger partial charge in [-0.3, -0.25) is 13.6 Å². The van der Waals surface area contributed by atoms with Gasteiger partial charge in [-0.05, 0) is 47.6 Å². The van der Waals surface area contributed by atoms with Gasteiger partial charge in [-0.1, -0.05) is 18.2 Å². The summed E-state index contributed by atoms with van der Waals surface area (Å²) >= 11 is 5.73. The Morgan fingerprint density at radius 3 is 1.71 bits per heavy atom. The van der Waals surface area contributed by atoms with Crippen LogP contribution in [0.5, 0.6) is 0 Å². The highest BCUT2D eigenvalue weighted by atomic mass is 35.5. The van der Waals surface area contributed by atoms with Gasteiger partial charge in [0.25, 0.3) is 0 Å². The van der Waals surface area contributed by atoms with Crippen LogP contribution in [0.25, 0.3) is 0 Å². The molecule has 4 nitrogen and oxygen atoms in total. The molecule has 0 aromatic rings. The third-order valence-corrected chi connectivity index (χ3v) is 3.61. The maximum Gasteiger partial charge on any atom is 0.477 e. The molecule has 0 aliphatic carbocycles. The molecule has 0 amide bonds. The first kappa shape index (κ1) is 17.1. The minimum Gasteiger partial charge on any atom is -0.281 e. The lowest BCUT2D eigenvalue weighted by Gasteiger charge is -2.31. The fraction of sp³-hybridized carbons (Fsp3) is 0.818. The zero-order valence-electron chi connectivity index (χ0n) is 11.3. The van der Waals surface area contributed by atoms with E-state index >= 15 is 0 Å². The van der Waals surface area contributed by atoms with Crippen LogP contribution in [0.15, 0.2) is 12.7 Å². The predicted octanol–water partition coefficient (Wildman–Crippen LogP) is 4.49. The standard InChI is InChI=1S/C11H22ClO4P/c1-8-9(12)14-17(13,15-10(2,3)4)16-11(5,6)7/h8-9H,1H2,2-7H3. The monoisotopic (exact) mass is 284 g/mol. The van der Waals surface area contributed by atoms with Gasteiger partial charge >= 0.3 is 7.82 Å². The molecule has 0 spiro atoms. The summed E-state index contributed by atoms with van der Waals surface area (Å²) in [6.45, 7) is 14.0. The van der Waals surface area contributed by atoms with Crippen molar-refractivity contribution in [2.45, 2.75) is 58.3 Å². The number of rotatable bonds is 5. The van der Waals surface area contributed by atoms with Crippen LogP contribution in [0.4, 0.5) is 0 Å². The van der Waals surface area contributed by atoms with Gasteiger partial charge in [-0.2, -0.15) is 0 Å². The molecule has 0 saturated heterocycles. The topological polar surface area (TPSA) is 44.8 Å². The van der Waals surface area contributed by atoms with Crippen LogP contribution in [-0.2, 0) is 18.1 Å². The van der Waals surface area contributed by atoms with Crippen LogP contribution < -0.4 is 0 Å². The van der Waals surface area contributed by atoms with E-state index in [0.29, 0.717) is 0 Å². The largest absolute Gasteiger partial charge is 0.477 e. The van der Waals surface area contributed by atoms with Crippen molar-refractivity contribution in [3.05, 3.63) is 12.7 Å². The Morgan fingerprint density at radius 1 is 1.12 bits per heavy atom. The summed E-state index contributed by atoms with van der Waals surface area (Å²) < 4.78 is 28.2. The second-order valence-corrected chi connectivity index (χ2v) is 7.45. The summed E-state index contributed by atoms with van der Waals surface area (Å²) in [7, 11) is -3.74. The smallest absolute Gasteiger partial charge is 0.281 e. The van der Waals surface area contributed by atoms with E-state index in [4.69, 9.17) is 25.2 Å². The maximum absolute atomic E-state index is 12.4. The molecule has 0 aliphatic rings. The Bertz CT molecular complexity index is 284. The van der Waals surface area contributed by atoms with Crippen molar-refractivity contribution in [2.75, 3.05) is 0 Å². The molecule has 1 atom stereocenters. The molecule has 0 aromatic heterocycles. The molecular weight excluding hydrogens is 263 g/mol. The SMILES string of the molecule is C=CC(Cl)OP(=O)(OC(C)(C)C)OC(C)(C)C. The van der Waals surface area contributed by atoms with Gasteiger partial charge in [0.15, 0.2) is 5.56 Å². The van der Waals surface area contributed by atoms with Crippen LogP contribution in [0.3, 0.4) is 0 Å². The van der Waals surface area contributed by atoms with Crippen molar-refractivity contribution in [2.24, 2.45) is 0 Å². The number of phosphoric acid groups is 1. The van der Waals surface area contributed by atoms with Crippen LogP contribution in [0.2, 0.25) is 0 Å². The summed E-state index contributed by atoms with van der Waals surface area (Å²) in [4.78, 5) is 0. The average Bonchev–Trinajstić information content (AvgIpc) is 1.94. The minimum absolute atomic E-state index is 0.668. The van der Waals surface area contributed by atoms with Crippen molar-refractivity contribution >= 4 is 19.4 Å². The van der Waals surface area contributed by atoms with E-state index in [0.717, 1.165) is 0 Å². The molecule has 0 rings (SSSR count). The molecule has 6 heteroatoms. The summed E-state index contributed by atoms with van der Waals surface area (Å²) in [5.41, 5.74) is -2.26. The molecule has 0 aliphatic heterocycles. The highest BCUT2D eigenvalue weighted by Crippen LogP contribution is 2.56. The summed E-state index contributed by atoms with van der Waals surface area (Å²) in [6, 6.07) is 0. The van der Waals surface area contributed by atoms with Gasteiger partial charge in [0.1, 0.15) is 0 Å². The van der Waals surface area contributed by atoms with Crippen molar-refractivity contribution < 1.29 is 18.1 Å². The third kappa shape index (κ3) is 8.81. The van der Waals surface area contributed by atoms with E-state index in [-0.39, 0.29) is 0 Å². The summed E-state index contributed by atoms with van der Waals surface area (Å²) in [5.74, 6) is 0. The molecule has 0 bridgehead atoms. The number of phosphoric ester groups is 1. The Hall–Kier alpha value is 0.140. The number of alkyl halides is 1. The van der Waals surface area contributed by atoms with Gasteiger partial charge < -0.3 is 0 Å². The van der Waals surface area contributed by atoms with E-state index in [1.807, 2.05) is 0 Å². The van der Waals surface area contributed by atoms with Crippen LogP contribution in [0.1, 0.15) is 41.5 Å². The molecule has 0 heterocycles. The summed E-state index contributed by atoms with van der Waals surface area (Å²) in [5, 5.41) is 0. The van der Waals surface area contributed by atoms with E-state index in [1.54, 1.807) is 41.5 Å². The van der Waals surface area contributed by atoms with Gasteiger partial charge in [-0.15, -0.1) is 0 Å². The molecule has 0 N–H and O–H groups in total. The molecule has 0 aromatic carbocycles. The zero-order chi connectivity index (χ0) is 13.9. The fourth-order valence-corrected chi connectivity index (χ4v) is 2.99. The molecular formula is C11H22ClO4P. The second kappa shape index (κ2) is 5.85. The molecule has 17 heavy (non-hydrogen) atoms. The Balaban J connectivity index is 4.94. The van der Waals surface area contributed by atoms with Gasteiger partial charge in [0.2, 0.25) is 0 Å². The van der Waals surface area contributed by atoms with Crippen molar-refractivity contribution in [3.63, 3.8) is 0 Å². The Morgan fingerprint density at radius 2 is 1.47 bits per heavy atom. The van der Waals surface area contributed by atoms with Gasteiger partial charge in [0, 0.05) is 0 Å². The lowest BCUT2D eigenvalue weighted by Crippen LogP contribution is -2.25. The Labute approximate surface area is 109 Å². The third-order valence-electron chi connectivity index (χ3n) is 1.19. The predicted molar refractivity (Wildman–Crippen MR) is 70.2 cm³/mol. The van der Waals surface area contributed by atoms with E-state index in [1.165, 1.54) is 6.08 Å². The van der Waals surface area contributed by atoms with Crippen molar-refractivity contribution in [1.29, 1.82) is 0 Å². The summed E-state index contributed by atoms with van der Waals surface area (Å²) in [6.07, 6.45) is 1.31. The lowest BCUT2D eigenvalue weighted by molar-refractivity contribution is 0.00323. The van der Waals surface area contributed by atoms with Crippen LogP contribution in [-0.4, -0.2) is 16.8 Å². The Kier molecular flexibility index (Phi) is 5.90. The molecule has 102 valence electrons. The van der Waals surface area contributed by atoms with E-state index in [9.17, 15) is 4.57 Å². The molecule has 0 saturated carbocycles. The van der Waals surface area contributed by atoms with Crippen molar-refractivity contribution in [3.8, 4) is 0 Å². The fourth-order valence-electron chi connectivity index (χ4n) is 0.899. The average molecular weight is 285 g/mol. The molecule has 0 radical (unpaired) electrons. The van der Waals surface area contributed by atoms with Crippen LogP contribution in [0, 0.1) is 0 Å². The number of hydrogen-bond acceptors (Lipinski definition) is 4. The molecule has 0 fully saturated rings. The van der Waals surface area contributed by atoms with Gasteiger partial charge in [0.05, 0.1) is 11.2 Å². The number of halogens is 1. The quantitative estimate of drug-likeness (QED) is 0.424. The van der Waals surface area contributed by atoms with E-state index < -0.39 is 24.6 Å². The minimum atomic E-state index is -3.74. The van der Waals surface area contributed by atoms with E-state index in [2.05, 4.69) is 6.58 Å². The zero-order valence-corrected chi connectivity index (χ0v) is 13.0. The van der Waals surface area contributed by atoms with Crippen molar-refractivity contribution in [1.82, 2.24) is 0 Å². The first-order chi connectivity index (χ1) is 7.37. The maximum atomic E-state index is 12.4. The number of hydrogen-bond donors (Lipinski definition) is 0. The highest BCUT2D eigenvalue weighted by Gasteiger charge is 2.38. The highest BCUT2D eigenvalue weighted by molar-refractivity contribution is 7.48. The molecule has 1 unspecified atom stereocenters. The first-order valence-corrected chi connectivity index (χ1v) is 7.23. The normalized spacial score (nSPS) is 15.7. The second-order valence-electron chi connectivity index (χ2n) is 5.55. The lowest BCUT2D eigenvalue weighted by atomic mass is 10.2. The van der Waals surface area contributed by atoms with Gasteiger partial charge in [-0.25, -0.2) is 4.57 Å².